The monoisotopic (exact) mass is 185 g/mol. The molecule has 1 aromatic carbocycles. The summed E-state index contributed by atoms with van der Waals surface area (Å²) in [7, 11) is 0. The highest BCUT2D eigenvalue weighted by atomic mass is 16.4. The summed E-state index contributed by atoms with van der Waals surface area (Å²) in [5.74, 6) is -1.93. The van der Waals surface area contributed by atoms with Crippen molar-refractivity contribution in [3.05, 3.63) is 29.8 Å². The molecule has 1 aromatic rings. The second kappa shape index (κ2) is 3.91. The first-order chi connectivity index (χ1) is 7.67. The number of rotatable bonds is 3. The van der Waals surface area contributed by atoms with Gasteiger partial charge in [0.2, 0.25) is 0 Å². The van der Waals surface area contributed by atoms with Crippen LogP contribution in [0.2, 0.25) is 0 Å². The van der Waals surface area contributed by atoms with Gasteiger partial charge in [0.15, 0.2) is 0 Å². The van der Waals surface area contributed by atoms with E-state index in [9.17, 15) is 4.79 Å². The van der Waals surface area contributed by atoms with Crippen LogP contribution in [0.1, 0.15) is 11.0 Å². The summed E-state index contributed by atoms with van der Waals surface area (Å²) in [4.78, 5) is 10.7. The molecule has 0 fully saturated rings. The number of nitrogens with two attached hydrogens (primary N) is 1. The third kappa shape index (κ3) is 2.76. The molecule has 0 bridgehead atoms. The van der Waals surface area contributed by atoms with E-state index in [2.05, 4.69) is 0 Å². The van der Waals surface area contributed by atoms with Crippen molar-refractivity contribution < 1.29 is 20.5 Å². The summed E-state index contributed by atoms with van der Waals surface area (Å²) in [6.07, 6.45) is -2.56. The van der Waals surface area contributed by atoms with Gasteiger partial charge in [-0.05, 0) is 24.1 Å². The molecule has 4 heteroatoms. The van der Waals surface area contributed by atoms with Crippen molar-refractivity contribution >= 4 is 5.97 Å². The van der Waals surface area contributed by atoms with E-state index in [0.29, 0.717) is 0 Å². The number of carboxylic acids is 1. The predicted molar refractivity (Wildman–Crippen MR) is 47.4 cm³/mol. The lowest BCUT2D eigenvalue weighted by Gasteiger charge is -2.05. The highest BCUT2D eigenvalue weighted by Gasteiger charge is 2.11. The molecule has 0 heterocycles. The van der Waals surface area contributed by atoms with Crippen LogP contribution in [0.25, 0.3) is 0 Å². The van der Waals surface area contributed by atoms with Gasteiger partial charge >= 0.3 is 5.97 Å². The van der Waals surface area contributed by atoms with Crippen LogP contribution in [0, 0.1) is 0 Å². The summed E-state index contributed by atoms with van der Waals surface area (Å²) in [6, 6.07) is -0.951. The molecule has 1 rings (SSSR count). The minimum absolute atomic E-state index is 0.358. The molecule has 70 valence electrons. The second-order valence-electron chi connectivity index (χ2n) is 2.34. The molecule has 0 aliphatic rings. The standard InChI is InChI=1S/C9H11NO3/c10-8(9(12)13)5-6-1-3-7(11)4-2-6/h1-4,8,11H,5,10H2,(H,12,13)/t8-/m0/s1/i1D,2D,5D2. The lowest BCUT2D eigenvalue weighted by molar-refractivity contribution is -0.138. The second-order valence-corrected chi connectivity index (χ2v) is 2.34. The smallest absolute Gasteiger partial charge is 0.320 e. The predicted octanol–water partition coefficient (Wildman–Crippen LogP) is 0.347. The maximum Gasteiger partial charge on any atom is 0.320 e. The van der Waals surface area contributed by atoms with E-state index in [1.165, 1.54) is 0 Å². The Kier molecular flexibility index (Phi) is 1.58. The SMILES string of the molecule is [2H]c1cc(O)cc([2H])c1C([2H])([2H])[C@H](N)C(=O)O. The molecule has 0 spiro atoms. The Morgan fingerprint density at radius 2 is 2.23 bits per heavy atom. The largest absolute Gasteiger partial charge is 0.508 e. The summed E-state index contributed by atoms with van der Waals surface area (Å²) < 4.78 is 30.1. The van der Waals surface area contributed by atoms with Gasteiger partial charge in [0.1, 0.15) is 11.8 Å². The summed E-state index contributed by atoms with van der Waals surface area (Å²) >= 11 is 0. The van der Waals surface area contributed by atoms with Crippen LogP contribution in [0.15, 0.2) is 24.2 Å². The molecule has 13 heavy (non-hydrogen) atoms. The first kappa shape index (κ1) is 5.24. The topological polar surface area (TPSA) is 83.5 Å². The van der Waals surface area contributed by atoms with Crippen molar-refractivity contribution in [3.63, 3.8) is 0 Å². The summed E-state index contributed by atoms with van der Waals surface area (Å²) in [5, 5.41) is 17.8. The highest BCUT2D eigenvalue weighted by molar-refractivity contribution is 5.73. The van der Waals surface area contributed by atoms with Crippen molar-refractivity contribution in [2.75, 3.05) is 0 Å². The molecule has 4 nitrogen and oxygen atoms in total. The van der Waals surface area contributed by atoms with Crippen molar-refractivity contribution in [2.24, 2.45) is 5.73 Å². The van der Waals surface area contributed by atoms with Gasteiger partial charge in [-0.3, -0.25) is 4.79 Å². The van der Waals surface area contributed by atoms with E-state index in [1.807, 2.05) is 0 Å². The Hall–Kier alpha value is -1.55. The zero-order valence-electron chi connectivity index (χ0n) is 10.6. The normalized spacial score (nSPS) is 17.9. The van der Waals surface area contributed by atoms with Gasteiger partial charge < -0.3 is 15.9 Å². The number of phenols is 1. The molecule has 0 amide bonds. The molecule has 4 N–H and O–H groups in total. The van der Waals surface area contributed by atoms with Crippen LogP contribution in [0.4, 0.5) is 0 Å². The van der Waals surface area contributed by atoms with Gasteiger partial charge in [0.25, 0.3) is 0 Å². The number of hydrogen-bond donors (Lipinski definition) is 3. The third-order valence-corrected chi connectivity index (χ3v) is 1.29. The van der Waals surface area contributed by atoms with Crippen LogP contribution in [-0.4, -0.2) is 22.2 Å². The number of phenolic OH excluding ortho intramolecular Hbond substituents is 1. The lowest BCUT2D eigenvalue weighted by Crippen LogP contribution is -2.32. The zero-order chi connectivity index (χ0) is 13.4. The lowest BCUT2D eigenvalue weighted by atomic mass is 10.1. The van der Waals surface area contributed by atoms with Gasteiger partial charge in [-0.25, -0.2) is 0 Å². The van der Waals surface area contributed by atoms with Crippen molar-refractivity contribution in [1.82, 2.24) is 0 Å². The zero-order valence-corrected chi connectivity index (χ0v) is 6.61. The Bertz CT molecular complexity index is 441. The van der Waals surface area contributed by atoms with Crippen LogP contribution in [0.3, 0.4) is 0 Å². The van der Waals surface area contributed by atoms with E-state index in [4.69, 9.17) is 21.4 Å². The number of carbonyl (C=O) groups is 1. The summed E-state index contributed by atoms with van der Waals surface area (Å²) in [5.41, 5.74) is 4.74. The van der Waals surface area contributed by atoms with Crippen molar-refractivity contribution in [1.29, 1.82) is 0 Å². The number of hydrogen-bond acceptors (Lipinski definition) is 3. The van der Waals surface area contributed by atoms with Crippen LogP contribution < -0.4 is 5.73 Å². The highest BCUT2D eigenvalue weighted by Crippen LogP contribution is 2.10. The number of benzene rings is 1. The van der Waals surface area contributed by atoms with Gasteiger partial charge in [-0.15, -0.1) is 0 Å². The molecule has 0 aromatic heterocycles. The maximum absolute atomic E-state index is 10.7. The fourth-order valence-corrected chi connectivity index (χ4v) is 0.676. The van der Waals surface area contributed by atoms with E-state index >= 15 is 0 Å². The van der Waals surface area contributed by atoms with Gasteiger partial charge in [-0.1, -0.05) is 12.1 Å². The Morgan fingerprint density at radius 1 is 1.69 bits per heavy atom. The molecular formula is C9H11NO3. The molecule has 0 aliphatic heterocycles. The average Bonchev–Trinajstić information content (AvgIpc) is 2.13. The van der Waals surface area contributed by atoms with Gasteiger partial charge in [0.05, 0.1) is 2.74 Å². The number of carboxylic acid groups (broad SMARTS) is 1. The Morgan fingerprint density at radius 3 is 2.69 bits per heavy atom. The minimum Gasteiger partial charge on any atom is -0.508 e. The number of aromatic hydroxyl groups is 1. The molecule has 0 unspecified atom stereocenters. The Balaban J connectivity index is 3.38. The number of aliphatic carboxylic acids is 1. The minimum atomic E-state index is -2.56. The molecule has 0 saturated heterocycles. The third-order valence-electron chi connectivity index (χ3n) is 1.29. The molecule has 1 atom stereocenters. The molecular weight excluding hydrogens is 170 g/mol. The molecule has 0 radical (unpaired) electrons. The first-order valence-electron chi connectivity index (χ1n) is 5.47. The van der Waals surface area contributed by atoms with E-state index in [1.54, 1.807) is 0 Å². The molecule has 0 aliphatic carbocycles. The van der Waals surface area contributed by atoms with Crippen molar-refractivity contribution in [2.45, 2.75) is 12.4 Å². The fraction of sp³-hybridized carbons (Fsp3) is 0.222. The Labute approximate surface area is 81.2 Å². The van der Waals surface area contributed by atoms with E-state index < -0.39 is 36.0 Å². The van der Waals surface area contributed by atoms with E-state index in [-0.39, 0.29) is 5.75 Å². The van der Waals surface area contributed by atoms with E-state index in [0.717, 1.165) is 12.1 Å². The fourth-order valence-electron chi connectivity index (χ4n) is 0.676. The van der Waals surface area contributed by atoms with Gasteiger partial charge in [0, 0.05) is 2.74 Å². The van der Waals surface area contributed by atoms with Crippen molar-refractivity contribution in [3.8, 4) is 5.75 Å². The summed E-state index contributed by atoms with van der Waals surface area (Å²) in [6.45, 7) is 0. The van der Waals surface area contributed by atoms with Gasteiger partial charge in [-0.2, -0.15) is 0 Å². The average molecular weight is 185 g/mol. The van der Waals surface area contributed by atoms with Crippen LogP contribution >= 0.6 is 0 Å². The quantitative estimate of drug-likeness (QED) is 0.634. The molecule has 0 saturated carbocycles. The van der Waals surface area contributed by atoms with Crippen LogP contribution in [-0.2, 0) is 11.2 Å². The maximum atomic E-state index is 10.7. The van der Waals surface area contributed by atoms with Crippen LogP contribution in [0.5, 0.6) is 5.75 Å². The first-order valence-corrected chi connectivity index (χ1v) is 3.47.